The van der Waals surface area contributed by atoms with Gasteiger partial charge in [-0.15, -0.1) is 0 Å². The number of nitrogens with zero attached hydrogens (tertiary/aromatic N) is 5. The second-order valence-corrected chi connectivity index (χ2v) is 9.74. The van der Waals surface area contributed by atoms with E-state index in [9.17, 15) is 13.7 Å². The summed E-state index contributed by atoms with van der Waals surface area (Å²) in [5.74, 6) is 0.112. The third-order valence-electron chi connectivity index (χ3n) is 4.56. The molecule has 1 N–H and O–H groups in total. The number of hydrogen-bond donors (Lipinski definition) is 1. The zero-order chi connectivity index (χ0) is 21.9. The second kappa shape index (κ2) is 8.97. The van der Waals surface area contributed by atoms with E-state index in [1.807, 2.05) is 25.7 Å². The first-order chi connectivity index (χ1) is 14.1. The van der Waals surface area contributed by atoms with Crippen molar-refractivity contribution in [3.63, 3.8) is 0 Å². The van der Waals surface area contributed by atoms with Crippen LogP contribution in [0.2, 0.25) is 0 Å². The Bertz CT molecular complexity index is 908. The van der Waals surface area contributed by atoms with E-state index in [1.54, 1.807) is 24.5 Å². The molecule has 1 atom stereocenters. The number of rotatable bonds is 4. The number of aromatic nitrogens is 2. The minimum Gasteiger partial charge on any atom is -0.591 e. The largest absolute Gasteiger partial charge is 0.591 e. The van der Waals surface area contributed by atoms with Crippen molar-refractivity contribution < 1.29 is 18.8 Å². The fraction of sp³-hybridized carbons (Fsp3) is 0.400. The highest BCUT2D eigenvalue weighted by atomic mass is 32.2. The van der Waals surface area contributed by atoms with Crippen LogP contribution in [0.5, 0.6) is 0 Å². The lowest BCUT2D eigenvalue weighted by molar-refractivity contribution is 0.142. The van der Waals surface area contributed by atoms with E-state index in [0.29, 0.717) is 49.0 Å². The molecule has 2 aromatic rings. The maximum absolute atomic E-state index is 13.4. The summed E-state index contributed by atoms with van der Waals surface area (Å²) in [6.45, 7) is 7.24. The van der Waals surface area contributed by atoms with Gasteiger partial charge >= 0.3 is 6.09 Å². The molecule has 1 fully saturated rings. The van der Waals surface area contributed by atoms with Crippen LogP contribution >= 0.6 is 0 Å². The number of carbonyl (C=O) groups is 1. The first kappa shape index (κ1) is 22.0. The second-order valence-electron chi connectivity index (χ2n) is 7.84. The van der Waals surface area contributed by atoms with Gasteiger partial charge in [-0.05, 0) is 45.0 Å². The minimum absolute atomic E-state index is 0.373. The molecule has 0 spiro atoms. The number of amides is 1. The molecule has 1 amide bonds. The molecule has 1 saturated heterocycles. The first-order valence-electron chi connectivity index (χ1n) is 9.47. The summed E-state index contributed by atoms with van der Waals surface area (Å²) in [6.07, 6.45) is 2.25. The summed E-state index contributed by atoms with van der Waals surface area (Å²) in [4.78, 5) is 23.1. The van der Waals surface area contributed by atoms with Crippen molar-refractivity contribution in [2.75, 3.05) is 31.1 Å². The number of hydrogen-bond acceptors (Lipinski definition) is 6. The molecular weight excluding hydrogens is 409 g/mol. The Morgan fingerprint density at radius 1 is 1.10 bits per heavy atom. The van der Waals surface area contributed by atoms with Crippen LogP contribution in [0.1, 0.15) is 31.9 Å². The van der Waals surface area contributed by atoms with Crippen LogP contribution in [0.25, 0.3) is 0 Å². The molecule has 0 aliphatic carbocycles. The van der Waals surface area contributed by atoms with Crippen LogP contribution in [-0.2, 0) is 11.4 Å². The highest BCUT2D eigenvalue weighted by Gasteiger charge is 2.28. The number of benzene rings is 1. The zero-order valence-electron chi connectivity index (χ0n) is 17.1. The molecular formula is C20H24FN5O3S. The van der Waals surface area contributed by atoms with Crippen molar-refractivity contribution in [1.82, 2.24) is 14.9 Å². The fourth-order valence-electron chi connectivity index (χ4n) is 2.80. The van der Waals surface area contributed by atoms with Gasteiger partial charge in [0, 0.05) is 49.7 Å². The highest BCUT2D eigenvalue weighted by Crippen LogP contribution is 2.21. The third kappa shape index (κ3) is 5.25. The fourth-order valence-corrected chi connectivity index (χ4v) is 3.45. The van der Waals surface area contributed by atoms with Crippen molar-refractivity contribution in [3.05, 3.63) is 53.6 Å². The summed E-state index contributed by atoms with van der Waals surface area (Å²) in [6, 6.07) is 5.80. The molecule has 0 saturated carbocycles. The lowest BCUT2D eigenvalue weighted by Gasteiger charge is -2.33. The highest BCUT2D eigenvalue weighted by molar-refractivity contribution is 7.91. The van der Waals surface area contributed by atoms with E-state index in [0.717, 1.165) is 0 Å². The SMILES string of the molecule is CC(C)(C)[S+]([O-])N=C(c1ccc(F)cc1)c1cnc(N2CCN(C(=O)O)CC2)nc1. The van der Waals surface area contributed by atoms with Crippen LogP contribution < -0.4 is 4.90 Å². The van der Waals surface area contributed by atoms with Gasteiger partial charge < -0.3 is 19.5 Å². The average molecular weight is 434 g/mol. The minimum atomic E-state index is -1.52. The van der Waals surface area contributed by atoms with E-state index >= 15 is 0 Å². The molecule has 1 aromatic heterocycles. The Hall–Kier alpha value is -2.72. The summed E-state index contributed by atoms with van der Waals surface area (Å²) in [5.41, 5.74) is 1.60. The lowest BCUT2D eigenvalue weighted by Crippen LogP contribution is -2.48. The molecule has 0 radical (unpaired) electrons. The number of anilines is 1. The molecule has 3 rings (SSSR count). The summed E-state index contributed by atoms with van der Waals surface area (Å²) in [7, 11) is 0. The maximum atomic E-state index is 13.4. The van der Waals surface area contributed by atoms with Gasteiger partial charge in [0.25, 0.3) is 0 Å². The van der Waals surface area contributed by atoms with Gasteiger partial charge in [-0.3, -0.25) is 0 Å². The van der Waals surface area contributed by atoms with Crippen molar-refractivity contribution in [3.8, 4) is 0 Å². The van der Waals surface area contributed by atoms with E-state index in [2.05, 4.69) is 14.4 Å². The Morgan fingerprint density at radius 3 is 2.17 bits per heavy atom. The van der Waals surface area contributed by atoms with Gasteiger partial charge in [0.05, 0.1) is 0 Å². The van der Waals surface area contributed by atoms with Crippen LogP contribution in [0.4, 0.5) is 15.1 Å². The van der Waals surface area contributed by atoms with Crippen LogP contribution in [-0.4, -0.2) is 67.3 Å². The van der Waals surface area contributed by atoms with Crippen molar-refractivity contribution in [2.45, 2.75) is 25.5 Å². The topological polar surface area (TPSA) is 105 Å². The van der Waals surface area contributed by atoms with Crippen molar-refractivity contribution >= 4 is 29.1 Å². The summed E-state index contributed by atoms with van der Waals surface area (Å²) in [5, 5.41) is 9.06. The van der Waals surface area contributed by atoms with Crippen LogP contribution in [0, 0.1) is 5.82 Å². The monoisotopic (exact) mass is 433 g/mol. The maximum Gasteiger partial charge on any atom is 0.407 e. The van der Waals surface area contributed by atoms with Crippen molar-refractivity contribution in [2.24, 2.45) is 4.40 Å². The van der Waals surface area contributed by atoms with Gasteiger partial charge in [0.15, 0.2) is 0 Å². The molecule has 2 heterocycles. The van der Waals surface area contributed by atoms with Gasteiger partial charge in [0.1, 0.15) is 27.6 Å². The lowest BCUT2D eigenvalue weighted by atomic mass is 10.1. The van der Waals surface area contributed by atoms with Gasteiger partial charge in [-0.2, -0.15) is 0 Å². The van der Waals surface area contributed by atoms with E-state index < -0.39 is 22.2 Å². The average Bonchev–Trinajstić information content (AvgIpc) is 2.72. The zero-order valence-corrected chi connectivity index (χ0v) is 17.9. The Balaban J connectivity index is 1.86. The summed E-state index contributed by atoms with van der Waals surface area (Å²) < 4.78 is 29.8. The Morgan fingerprint density at radius 2 is 1.67 bits per heavy atom. The smallest absolute Gasteiger partial charge is 0.407 e. The summed E-state index contributed by atoms with van der Waals surface area (Å²) >= 11 is -1.52. The Kier molecular flexibility index (Phi) is 6.57. The van der Waals surface area contributed by atoms with Gasteiger partial charge in [-0.1, -0.05) is 4.40 Å². The number of halogens is 1. The van der Waals surface area contributed by atoms with E-state index in [-0.39, 0.29) is 5.82 Å². The van der Waals surface area contributed by atoms with E-state index in [1.165, 1.54) is 17.0 Å². The standard InChI is InChI=1S/C20H24FN5O3S/c1-20(2,3)30(29)24-17(14-4-6-16(21)7-5-14)15-12-22-18(23-13-15)25-8-10-26(11-9-25)19(27)28/h4-7,12-13H,8-11H2,1-3H3,(H,27,28). The number of carboxylic acid groups (broad SMARTS) is 1. The van der Waals surface area contributed by atoms with Gasteiger partial charge in [-0.25, -0.2) is 19.2 Å². The number of piperazine rings is 1. The normalized spacial score (nSPS) is 16.5. The molecule has 1 aromatic carbocycles. The first-order valence-corrected chi connectivity index (χ1v) is 10.6. The molecule has 10 heteroatoms. The van der Waals surface area contributed by atoms with Crippen LogP contribution in [0.15, 0.2) is 41.1 Å². The molecule has 1 aliphatic heterocycles. The molecule has 160 valence electrons. The van der Waals surface area contributed by atoms with E-state index in [4.69, 9.17) is 5.11 Å². The molecule has 1 unspecified atom stereocenters. The Labute approximate surface area is 177 Å². The van der Waals surface area contributed by atoms with Crippen LogP contribution in [0.3, 0.4) is 0 Å². The van der Waals surface area contributed by atoms with Gasteiger partial charge in [0.2, 0.25) is 5.95 Å². The molecule has 30 heavy (non-hydrogen) atoms. The quantitative estimate of drug-likeness (QED) is 0.587. The third-order valence-corrected chi connectivity index (χ3v) is 5.96. The molecule has 0 bridgehead atoms. The predicted molar refractivity (Wildman–Crippen MR) is 114 cm³/mol. The predicted octanol–water partition coefficient (Wildman–Crippen LogP) is 2.72. The van der Waals surface area contributed by atoms with Crippen molar-refractivity contribution in [1.29, 1.82) is 0 Å². The molecule has 8 nitrogen and oxygen atoms in total. The molecule has 1 aliphatic rings.